The van der Waals surface area contributed by atoms with E-state index in [0.717, 1.165) is 6.92 Å². The van der Waals surface area contributed by atoms with Crippen LogP contribution in [-0.4, -0.2) is 180 Å². The minimum absolute atomic E-state index is 1.03. The number of hydrogen-bond donors (Lipinski definition) is 16. The summed E-state index contributed by atoms with van der Waals surface area (Å²) in [6.07, 6.45) is -35.1. The van der Waals surface area contributed by atoms with Crippen LogP contribution in [0.4, 0.5) is 0 Å². The molecule has 0 aromatic carbocycles. The first-order valence-corrected chi connectivity index (χ1v) is 9.84. The quantitative estimate of drug-likeness (QED) is 0.0999. The van der Waals surface area contributed by atoms with E-state index in [1.165, 1.54) is 0 Å². The maximum absolute atomic E-state index is 9.96. The van der Waals surface area contributed by atoms with E-state index in [4.69, 9.17) is 5.11 Å². The van der Waals surface area contributed by atoms with E-state index in [0.29, 0.717) is 0 Å². The van der Waals surface area contributed by atoms with Crippen LogP contribution in [0.15, 0.2) is 0 Å². The van der Waals surface area contributed by atoms with Gasteiger partial charge in [0.05, 0.1) is 12.7 Å². The zero-order valence-electron chi connectivity index (χ0n) is 17.5. The van der Waals surface area contributed by atoms with Crippen molar-refractivity contribution in [1.29, 1.82) is 0 Å². The molecular weight excluding hydrogens is 460 g/mol. The Labute approximate surface area is 187 Å². The van der Waals surface area contributed by atoms with Gasteiger partial charge in [-0.2, -0.15) is 0 Å². The fourth-order valence-electron chi connectivity index (χ4n) is 2.84. The molecule has 0 radical (unpaired) electrons. The molecule has 0 aromatic heterocycles. The van der Waals surface area contributed by atoms with Crippen molar-refractivity contribution in [3.8, 4) is 0 Å². The number of hydrogen-bond acceptors (Lipinski definition) is 16. The summed E-state index contributed by atoms with van der Waals surface area (Å²) in [4.78, 5) is 0. The first-order chi connectivity index (χ1) is 15.0. The first kappa shape index (κ1) is 32.4. The Kier molecular flexibility index (Phi) is 13.8. The van der Waals surface area contributed by atoms with Crippen molar-refractivity contribution in [1.82, 2.24) is 0 Å². The number of rotatable bonds is 15. The van der Waals surface area contributed by atoms with Crippen molar-refractivity contribution < 1.29 is 81.7 Å². The van der Waals surface area contributed by atoms with E-state index >= 15 is 0 Å². The highest BCUT2D eigenvalue weighted by Crippen LogP contribution is 2.19. The van der Waals surface area contributed by atoms with E-state index in [2.05, 4.69) is 0 Å². The molecule has 0 aliphatic heterocycles. The second kappa shape index (κ2) is 14.0. The summed E-state index contributed by atoms with van der Waals surface area (Å²) in [6, 6.07) is 0. The average molecular weight is 496 g/mol. The molecule has 0 bridgehead atoms. The van der Waals surface area contributed by atoms with Crippen LogP contribution in [0.2, 0.25) is 0 Å². The molecule has 16 heteroatoms. The predicted octanol–water partition coefficient (Wildman–Crippen LogP) is -9.59. The van der Waals surface area contributed by atoms with E-state index in [1.807, 2.05) is 0 Å². The maximum Gasteiger partial charge on any atom is 0.111 e. The third kappa shape index (κ3) is 8.22. The van der Waals surface area contributed by atoms with Gasteiger partial charge in [-0.25, -0.2) is 0 Å². The Bertz CT molecular complexity index is 539. The lowest BCUT2D eigenvalue weighted by Gasteiger charge is -2.36. The third-order valence-corrected chi connectivity index (χ3v) is 5.27. The molecule has 0 rings (SSSR count). The van der Waals surface area contributed by atoms with Gasteiger partial charge in [0.1, 0.15) is 85.5 Å². The summed E-state index contributed by atoms with van der Waals surface area (Å²) >= 11 is 0. The first-order valence-electron chi connectivity index (χ1n) is 9.84. The van der Waals surface area contributed by atoms with Gasteiger partial charge in [0, 0.05) is 0 Å². The van der Waals surface area contributed by atoms with E-state index in [1.54, 1.807) is 0 Å². The zero-order valence-corrected chi connectivity index (χ0v) is 17.5. The van der Waals surface area contributed by atoms with Crippen molar-refractivity contribution in [3.63, 3.8) is 0 Å². The van der Waals surface area contributed by atoms with Crippen LogP contribution in [-0.2, 0) is 0 Å². The normalized spacial score (nSPS) is 26.5. The van der Waals surface area contributed by atoms with Crippen LogP contribution in [0.5, 0.6) is 0 Å². The van der Waals surface area contributed by atoms with Crippen LogP contribution in [0, 0.1) is 0 Å². The lowest BCUT2D eigenvalue weighted by atomic mass is 9.88. The summed E-state index contributed by atoms with van der Waals surface area (Å²) in [5, 5.41) is 155. The van der Waals surface area contributed by atoms with E-state index in [-0.39, 0.29) is 0 Å². The Morgan fingerprint density at radius 3 is 0.697 bits per heavy atom. The Morgan fingerprint density at radius 1 is 0.333 bits per heavy atom. The molecule has 33 heavy (non-hydrogen) atoms. The van der Waals surface area contributed by atoms with E-state index < -0.39 is 98.2 Å². The fourth-order valence-corrected chi connectivity index (χ4v) is 2.84. The minimum atomic E-state index is -2.59. The summed E-state index contributed by atoms with van der Waals surface area (Å²) in [5.74, 6) is 0. The van der Waals surface area contributed by atoms with Gasteiger partial charge < -0.3 is 81.7 Å². The molecule has 0 aliphatic rings. The summed E-state index contributed by atoms with van der Waals surface area (Å²) in [5.41, 5.74) is 0. The van der Waals surface area contributed by atoms with Crippen molar-refractivity contribution >= 4 is 0 Å². The van der Waals surface area contributed by atoms with Gasteiger partial charge in [-0.15, -0.1) is 0 Å². The van der Waals surface area contributed by atoms with Crippen molar-refractivity contribution in [2.75, 3.05) is 6.61 Å². The van der Waals surface area contributed by atoms with Crippen molar-refractivity contribution in [2.24, 2.45) is 0 Å². The predicted molar refractivity (Wildman–Crippen MR) is 103 cm³/mol. The highest BCUT2D eigenvalue weighted by molar-refractivity contribution is 4.96. The Morgan fingerprint density at radius 2 is 0.515 bits per heavy atom. The summed E-state index contributed by atoms with van der Waals surface area (Å²) in [7, 11) is 0. The second-order valence-corrected chi connectivity index (χ2v) is 7.87. The molecule has 0 aliphatic carbocycles. The number of aliphatic hydroxyl groups is 16. The molecule has 16 N–H and O–H groups in total. The van der Waals surface area contributed by atoms with Gasteiger partial charge in [0.2, 0.25) is 0 Å². The SMILES string of the molecule is CC(O)C(O)C(O)C(O)C(O)C(O)C(O)C(O)C(O)C(O)C(O)C(O)C(O)C(O)C(O)CO. The van der Waals surface area contributed by atoms with Crippen LogP contribution >= 0.6 is 0 Å². The van der Waals surface area contributed by atoms with Gasteiger partial charge in [0.25, 0.3) is 0 Å². The van der Waals surface area contributed by atoms with Crippen molar-refractivity contribution in [2.45, 2.75) is 98.5 Å². The lowest BCUT2D eigenvalue weighted by Crippen LogP contribution is -2.60. The molecule has 0 aromatic rings. The maximum atomic E-state index is 9.96. The fraction of sp³-hybridized carbons (Fsp3) is 1.00. The Balaban J connectivity index is 5.24. The van der Waals surface area contributed by atoms with Crippen molar-refractivity contribution in [3.05, 3.63) is 0 Å². The standard InChI is InChI=1S/C17H36O16/c1-3(19)5(21)7(23)9(25)11(27)13(29)15(31)17(33)16(32)14(30)12(28)10(26)8(24)6(22)4(20)2-18/h3-33H,2H2,1H3. The van der Waals surface area contributed by atoms with Crippen LogP contribution in [0.3, 0.4) is 0 Å². The van der Waals surface area contributed by atoms with Gasteiger partial charge in [-0.3, -0.25) is 0 Å². The van der Waals surface area contributed by atoms with Crippen LogP contribution in [0.1, 0.15) is 6.92 Å². The van der Waals surface area contributed by atoms with Crippen LogP contribution in [0.25, 0.3) is 0 Å². The Hall–Kier alpha value is -0.640. The molecule has 0 heterocycles. The monoisotopic (exact) mass is 496 g/mol. The molecule has 15 unspecified atom stereocenters. The molecule has 0 fully saturated rings. The summed E-state index contributed by atoms with van der Waals surface area (Å²) < 4.78 is 0. The third-order valence-electron chi connectivity index (χ3n) is 5.27. The minimum Gasteiger partial charge on any atom is -0.394 e. The summed E-state index contributed by atoms with van der Waals surface area (Å²) in [6.45, 7) is -0.0217. The topological polar surface area (TPSA) is 324 Å². The average Bonchev–Trinajstić information content (AvgIpc) is 2.81. The zero-order chi connectivity index (χ0) is 26.4. The van der Waals surface area contributed by atoms with Crippen LogP contribution < -0.4 is 0 Å². The van der Waals surface area contributed by atoms with E-state index in [9.17, 15) is 76.6 Å². The smallest absolute Gasteiger partial charge is 0.111 e. The molecule has 0 spiro atoms. The van der Waals surface area contributed by atoms with Gasteiger partial charge in [-0.1, -0.05) is 0 Å². The lowest BCUT2D eigenvalue weighted by molar-refractivity contribution is -0.206. The molecule has 15 atom stereocenters. The molecular formula is C17H36O16. The number of aliphatic hydroxyl groups excluding tert-OH is 16. The van der Waals surface area contributed by atoms with Gasteiger partial charge in [-0.05, 0) is 6.92 Å². The van der Waals surface area contributed by atoms with Gasteiger partial charge >= 0.3 is 0 Å². The molecule has 0 saturated heterocycles. The highest BCUT2D eigenvalue weighted by atomic mass is 16.4. The highest BCUT2D eigenvalue weighted by Gasteiger charge is 2.45. The second-order valence-electron chi connectivity index (χ2n) is 7.87. The molecule has 16 nitrogen and oxygen atoms in total. The largest absolute Gasteiger partial charge is 0.394 e. The molecule has 0 saturated carbocycles. The van der Waals surface area contributed by atoms with Gasteiger partial charge in [0.15, 0.2) is 0 Å². The molecule has 0 amide bonds. The molecule has 200 valence electrons.